The summed E-state index contributed by atoms with van der Waals surface area (Å²) in [5.41, 5.74) is -0.548. The molecule has 1 aromatic carbocycles. The minimum Gasteiger partial charge on any atom is -0.461 e. The normalized spacial score (nSPS) is 47.0. The van der Waals surface area contributed by atoms with Crippen LogP contribution in [0.4, 0.5) is 0 Å². The summed E-state index contributed by atoms with van der Waals surface area (Å²) in [6.45, 7) is 0. The van der Waals surface area contributed by atoms with Crippen LogP contribution in [0.25, 0.3) is 0 Å². The van der Waals surface area contributed by atoms with Crippen molar-refractivity contribution < 1.29 is 19.1 Å². The molecule has 2 amide bonds. The summed E-state index contributed by atoms with van der Waals surface area (Å²) in [4.78, 5) is 27.7. The Labute approximate surface area is 213 Å². The van der Waals surface area contributed by atoms with Crippen LogP contribution in [0, 0.1) is 46.3 Å². The van der Waals surface area contributed by atoms with E-state index in [4.69, 9.17) is 9.47 Å². The van der Waals surface area contributed by atoms with E-state index in [1.54, 1.807) is 0 Å². The maximum atomic E-state index is 13.9. The maximum absolute atomic E-state index is 13.9. The topological polar surface area (TPSA) is 76.7 Å². The van der Waals surface area contributed by atoms with E-state index < -0.39 is 12.5 Å². The monoisotopic (exact) mass is 490 g/mol. The first kappa shape index (κ1) is 21.8. The van der Waals surface area contributed by atoms with Gasteiger partial charge in [0, 0.05) is 0 Å². The predicted molar refractivity (Wildman–Crippen MR) is 133 cm³/mol. The Balaban J connectivity index is 1.04. The van der Waals surface area contributed by atoms with Crippen LogP contribution >= 0.6 is 0 Å². The van der Waals surface area contributed by atoms with Gasteiger partial charge in [-0.1, -0.05) is 12.1 Å². The largest absolute Gasteiger partial charge is 0.461 e. The Bertz CT molecular complexity index is 943. The maximum Gasteiger partial charge on any atom is 0.229 e. The fourth-order valence-corrected chi connectivity index (χ4v) is 10.6. The second-order valence-corrected chi connectivity index (χ2v) is 13.9. The average molecular weight is 491 g/mol. The van der Waals surface area contributed by atoms with Gasteiger partial charge in [0.15, 0.2) is 11.5 Å². The van der Waals surface area contributed by atoms with Gasteiger partial charge >= 0.3 is 0 Å². The number of carbonyl (C=O) groups excluding carboxylic acids is 2. The van der Waals surface area contributed by atoms with E-state index in [1.807, 2.05) is 24.3 Å². The van der Waals surface area contributed by atoms with Gasteiger partial charge in [0.25, 0.3) is 0 Å². The fraction of sp³-hybridized carbons (Fsp3) is 0.733. The van der Waals surface area contributed by atoms with Gasteiger partial charge in [0.1, 0.15) is 0 Å². The standard InChI is InChI=1S/C30H38N2O4/c33-27(29-11-17-5-18(12-29)7-19(6-17)13-29)31-25-26(36-24-4-2-1-3-23(24)35-25)32-28(34)30-14-20-8-21(15-30)10-22(9-20)16-30/h1-4,17-22,25-26H,5-16H2,(H,31,33)(H,32,34). The predicted octanol–water partition coefficient (Wildman–Crippen LogP) is 4.78. The number of hydrogen-bond acceptors (Lipinski definition) is 4. The van der Waals surface area contributed by atoms with Crippen molar-refractivity contribution in [2.45, 2.75) is 89.5 Å². The third-order valence-electron chi connectivity index (χ3n) is 11.2. The molecule has 0 spiro atoms. The molecular weight excluding hydrogens is 452 g/mol. The summed E-state index contributed by atoms with van der Waals surface area (Å²) in [7, 11) is 0. The summed E-state index contributed by atoms with van der Waals surface area (Å²) >= 11 is 0. The van der Waals surface area contributed by atoms with Gasteiger partial charge in [-0.3, -0.25) is 9.59 Å². The van der Waals surface area contributed by atoms with Crippen LogP contribution in [0.2, 0.25) is 0 Å². The minimum atomic E-state index is -0.724. The van der Waals surface area contributed by atoms with Crippen molar-refractivity contribution in [1.82, 2.24) is 10.6 Å². The number of rotatable bonds is 4. The molecule has 8 fully saturated rings. The number of hydrogen-bond donors (Lipinski definition) is 2. The smallest absolute Gasteiger partial charge is 0.229 e. The Morgan fingerprint density at radius 2 is 0.889 bits per heavy atom. The third kappa shape index (κ3) is 3.35. The molecule has 8 aliphatic carbocycles. The van der Waals surface area contributed by atoms with Crippen molar-refractivity contribution in [2.24, 2.45) is 46.3 Å². The van der Waals surface area contributed by atoms with E-state index in [9.17, 15) is 9.59 Å². The minimum absolute atomic E-state index is 0.101. The Morgan fingerprint density at radius 1 is 0.583 bits per heavy atom. The van der Waals surface area contributed by atoms with E-state index >= 15 is 0 Å². The first-order chi connectivity index (χ1) is 17.5. The molecule has 0 saturated heterocycles. The van der Waals surface area contributed by atoms with Crippen molar-refractivity contribution in [3.63, 3.8) is 0 Å². The molecule has 8 saturated carbocycles. The molecule has 192 valence electrons. The number of para-hydroxylation sites is 2. The molecule has 2 atom stereocenters. The number of ether oxygens (including phenoxy) is 2. The highest BCUT2D eigenvalue weighted by atomic mass is 16.6. The van der Waals surface area contributed by atoms with Crippen molar-refractivity contribution in [3.05, 3.63) is 24.3 Å². The van der Waals surface area contributed by atoms with Crippen LogP contribution in [-0.4, -0.2) is 24.3 Å². The number of amides is 2. The average Bonchev–Trinajstić information content (AvgIpc) is 2.82. The summed E-state index contributed by atoms with van der Waals surface area (Å²) in [6, 6.07) is 7.57. The lowest BCUT2D eigenvalue weighted by molar-refractivity contribution is -0.157. The Hall–Kier alpha value is -2.24. The van der Waals surface area contributed by atoms with Crippen LogP contribution in [0.5, 0.6) is 11.5 Å². The lowest BCUT2D eigenvalue weighted by atomic mass is 9.49. The van der Waals surface area contributed by atoms with E-state index in [1.165, 1.54) is 38.5 Å². The molecule has 2 unspecified atom stereocenters. The first-order valence-corrected chi connectivity index (χ1v) is 14.5. The number of benzene rings is 1. The van der Waals surface area contributed by atoms with Gasteiger partial charge in [0.05, 0.1) is 10.8 Å². The van der Waals surface area contributed by atoms with Gasteiger partial charge in [-0.2, -0.15) is 0 Å². The van der Waals surface area contributed by atoms with Crippen LogP contribution in [0.15, 0.2) is 24.3 Å². The second-order valence-electron chi connectivity index (χ2n) is 13.9. The molecule has 1 aromatic rings. The zero-order valence-electron chi connectivity index (χ0n) is 21.0. The number of fused-ring (bicyclic) bond motifs is 1. The summed E-state index contributed by atoms with van der Waals surface area (Å²) in [6.07, 6.45) is 12.3. The molecule has 10 rings (SSSR count). The number of nitrogens with one attached hydrogen (secondary N) is 2. The van der Waals surface area contributed by atoms with E-state index in [0.717, 1.165) is 38.5 Å². The zero-order valence-corrected chi connectivity index (χ0v) is 21.0. The van der Waals surface area contributed by atoms with Crippen LogP contribution < -0.4 is 20.1 Å². The van der Waals surface area contributed by atoms with E-state index in [-0.39, 0.29) is 22.6 Å². The van der Waals surface area contributed by atoms with Crippen LogP contribution in [0.3, 0.4) is 0 Å². The van der Waals surface area contributed by atoms with Gasteiger partial charge in [-0.25, -0.2) is 0 Å². The molecule has 0 radical (unpaired) electrons. The van der Waals surface area contributed by atoms with Gasteiger partial charge in [-0.05, 0) is 125 Å². The SMILES string of the molecule is O=C(NC1Oc2ccccc2OC1NC(=O)C12CC3CC(CC(C3)C1)C2)C12CC3CC(CC(C3)C1)C2. The van der Waals surface area contributed by atoms with Crippen LogP contribution in [0.1, 0.15) is 77.0 Å². The molecule has 2 N–H and O–H groups in total. The van der Waals surface area contributed by atoms with Crippen molar-refractivity contribution in [3.8, 4) is 11.5 Å². The Morgan fingerprint density at radius 3 is 1.19 bits per heavy atom. The summed E-state index contributed by atoms with van der Waals surface area (Å²) in [5, 5.41) is 6.49. The summed E-state index contributed by atoms with van der Waals surface area (Å²) in [5.74, 6) is 5.59. The summed E-state index contributed by atoms with van der Waals surface area (Å²) < 4.78 is 12.7. The fourth-order valence-electron chi connectivity index (χ4n) is 10.6. The van der Waals surface area contributed by atoms with Gasteiger partial charge in [-0.15, -0.1) is 0 Å². The van der Waals surface area contributed by atoms with E-state index in [0.29, 0.717) is 47.0 Å². The molecule has 6 heteroatoms. The molecule has 6 nitrogen and oxygen atoms in total. The first-order valence-electron chi connectivity index (χ1n) is 14.5. The quantitative estimate of drug-likeness (QED) is 0.637. The molecule has 8 bridgehead atoms. The van der Waals surface area contributed by atoms with E-state index in [2.05, 4.69) is 10.6 Å². The molecular formula is C30H38N2O4. The molecule has 1 heterocycles. The molecule has 1 aliphatic heterocycles. The van der Waals surface area contributed by atoms with Crippen LogP contribution in [-0.2, 0) is 9.59 Å². The molecule has 0 aromatic heterocycles. The third-order valence-corrected chi connectivity index (χ3v) is 11.2. The molecule has 9 aliphatic rings. The van der Waals surface area contributed by atoms with Crippen molar-refractivity contribution in [1.29, 1.82) is 0 Å². The number of carbonyl (C=O) groups is 2. The second kappa shape index (κ2) is 7.64. The Kier molecular flexibility index (Phi) is 4.63. The highest BCUT2D eigenvalue weighted by Gasteiger charge is 2.57. The lowest BCUT2D eigenvalue weighted by Crippen LogP contribution is -2.64. The lowest BCUT2D eigenvalue weighted by Gasteiger charge is -2.56. The highest BCUT2D eigenvalue weighted by molar-refractivity contribution is 5.85. The zero-order chi connectivity index (χ0) is 24.1. The van der Waals surface area contributed by atoms with Gasteiger partial charge in [0.2, 0.25) is 24.3 Å². The van der Waals surface area contributed by atoms with Crippen molar-refractivity contribution >= 4 is 11.8 Å². The van der Waals surface area contributed by atoms with Crippen molar-refractivity contribution in [2.75, 3.05) is 0 Å². The highest BCUT2D eigenvalue weighted by Crippen LogP contribution is 2.61. The molecule has 36 heavy (non-hydrogen) atoms. The van der Waals surface area contributed by atoms with Gasteiger partial charge < -0.3 is 20.1 Å².